The maximum atomic E-state index is 11.7. The number of amides is 1. The molecule has 1 saturated carbocycles. The van der Waals surface area contributed by atoms with Crippen LogP contribution in [-0.4, -0.2) is 49.6 Å². The standard InChI is InChI=1S/C20H32N4O2.HI/c1-4-21-20(22-14-6-7-19(25)23-17-10-11-17)24(3)15-16-8-12-18(13-9-16)26-5-2;/h8-9,12-13,17H,4-7,10-11,14-15H2,1-3H3,(H,21,22)(H,23,25);1H. The number of halogens is 1. The van der Waals surface area contributed by atoms with Gasteiger partial charge in [-0.3, -0.25) is 9.79 Å². The predicted octanol–water partition coefficient (Wildman–Crippen LogP) is 3.16. The summed E-state index contributed by atoms with van der Waals surface area (Å²) < 4.78 is 5.48. The van der Waals surface area contributed by atoms with E-state index in [1.165, 1.54) is 5.56 Å². The molecule has 0 unspecified atom stereocenters. The van der Waals surface area contributed by atoms with Gasteiger partial charge in [-0.1, -0.05) is 12.1 Å². The van der Waals surface area contributed by atoms with Gasteiger partial charge in [-0.05, 0) is 50.8 Å². The van der Waals surface area contributed by atoms with Crippen molar-refractivity contribution in [2.75, 3.05) is 26.7 Å². The summed E-state index contributed by atoms with van der Waals surface area (Å²) in [6.45, 7) is 6.94. The molecule has 2 rings (SSSR count). The molecule has 1 aliphatic rings. The van der Waals surface area contributed by atoms with E-state index in [0.717, 1.165) is 44.1 Å². The number of nitrogens with one attached hydrogen (secondary N) is 2. The second-order valence-corrected chi connectivity index (χ2v) is 6.61. The van der Waals surface area contributed by atoms with Gasteiger partial charge in [0.25, 0.3) is 0 Å². The molecule has 0 heterocycles. The first-order valence-electron chi connectivity index (χ1n) is 9.63. The van der Waals surface area contributed by atoms with E-state index in [4.69, 9.17) is 4.74 Å². The number of benzene rings is 1. The third-order valence-corrected chi connectivity index (χ3v) is 4.12. The minimum atomic E-state index is 0. The highest BCUT2D eigenvalue weighted by molar-refractivity contribution is 14.0. The summed E-state index contributed by atoms with van der Waals surface area (Å²) in [7, 11) is 2.03. The quantitative estimate of drug-likeness (QED) is 0.230. The molecule has 1 aliphatic carbocycles. The van der Waals surface area contributed by atoms with Crippen LogP contribution in [-0.2, 0) is 11.3 Å². The smallest absolute Gasteiger partial charge is 0.220 e. The molecule has 2 N–H and O–H groups in total. The third kappa shape index (κ3) is 9.30. The van der Waals surface area contributed by atoms with Crippen LogP contribution in [0.2, 0.25) is 0 Å². The van der Waals surface area contributed by atoms with Crippen LogP contribution in [0.15, 0.2) is 29.3 Å². The molecule has 1 fully saturated rings. The van der Waals surface area contributed by atoms with Gasteiger partial charge < -0.3 is 20.3 Å². The van der Waals surface area contributed by atoms with Gasteiger partial charge in [0.1, 0.15) is 5.75 Å². The summed E-state index contributed by atoms with van der Waals surface area (Å²) >= 11 is 0. The van der Waals surface area contributed by atoms with E-state index in [1.807, 2.05) is 26.1 Å². The van der Waals surface area contributed by atoms with Gasteiger partial charge >= 0.3 is 0 Å². The first-order chi connectivity index (χ1) is 12.6. The molecule has 152 valence electrons. The summed E-state index contributed by atoms with van der Waals surface area (Å²) in [6.07, 6.45) is 3.57. The lowest BCUT2D eigenvalue weighted by atomic mass is 10.2. The monoisotopic (exact) mass is 488 g/mol. The van der Waals surface area contributed by atoms with Crippen LogP contribution in [0.3, 0.4) is 0 Å². The van der Waals surface area contributed by atoms with Crippen LogP contribution < -0.4 is 15.4 Å². The lowest BCUT2D eigenvalue weighted by Crippen LogP contribution is -2.38. The van der Waals surface area contributed by atoms with Gasteiger partial charge in [-0.2, -0.15) is 0 Å². The Morgan fingerprint density at radius 1 is 1.26 bits per heavy atom. The van der Waals surface area contributed by atoms with Crippen LogP contribution in [0.1, 0.15) is 45.1 Å². The molecule has 1 amide bonds. The summed E-state index contributed by atoms with van der Waals surface area (Å²) in [6, 6.07) is 8.58. The number of ether oxygens (including phenoxy) is 1. The van der Waals surface area contributed by atoms with E-state index < -0.39 is 0 Å². The molecule has 1 aromatic carbocycles. The zero-order valence-electron chi connectivity index (χ0n) is 16.7. The zero-order chi connectivity index (χ0) is 18.8. The highest BCUT2D eigenvalue weighted by atomic mass is 127. The fourth-order valence-electron chi connectivity index (χ4n) is 2.63. The molecule has 0 bridgehead atoms. The van der Waals surface area contributed by atoms with Crippen molar-refractivity contribution >= 4 is 35.8 Å². The topological polar surface area (TPSA) is 66.0 Å². The number of aliphatic imine (C=N–C) groups is 1. The Bertz CT molecular complexity index is 588. The van der Waals surface area contributed by atoms with E-state index in [1.54, 1.807) is 0 Å². The Balaban J connectivity index is 0.00000364. The third-order valence-electron chi connectivity index (χ3n) is 4.12. The van der Waals surface area contributed by atoms with Crippen molar-refractivity contribution in [3.63, 3.8) is 0 Å². The van der Waals surface area contributed by atoms with E-state index in [9.17, 15) is 4.79 Å². The fourth-order valence-corrected chi connectivity index (χ4v) is 2.63. The molecule has 0 atom stereocenters. The molecule has 7 heteroatoms. The van der Waals surface area contributed by atoms with Crippen molar-refractivity contribution in [2.24, 2.45) is 4.99 Å². The van der Waals surface area contributed by atoms with Gasteiger partial charge in [0, 0.05) is 39.1 Å². The maximum Gasteiger partial charge on any atom is 0.220 e. The van der Waals surface area contributed by atoms with Crippen molar-refractivity contribution in [3.05, 3.63) is 29.8 Å². The van der Waals surface area contributed by atoms with Gasteiger partial charge in [0.05, 0.1) is 6.61 Å². The number of nitrogens with zero attached hydrogens (tertiary/aromatic N) is 2. The minimum Gasteiger partial charge on any atom is -0.494 e. The number of hydrogen-bond donors (Lipinski definition) is 2. The van der Waals surface area contributed by atoms with Crippen molar-refractivity contribution in [2.45, 2.75) is 52.1 Å². The summed E-state index contributed by atoms with van der Waals surface area (Å²) in [5, 5.41) is 6.33. The predicted molar refractivity (Wildman–Crippen MR) is 121 cm³/mol. The highest BCUT2D eigenvalue weighted by Crippen LogP contribution is 2.18. The largest absolute Gasteiger partial charge is 0.494 e. The van der Waals surface area contributed by atoms with E-state index in [0.29, 0.717) is 25.6 Å². The highest BCUT2D eigenvalue weighted by Gasteiger charge is 2.22. The molecular weight excluding hydrogens is 455 g/mol. The second-order valence-electron chi connectivity index (χ2n) is 6.61. The van der Waals surface area contributed by atoms with Crippen LogP contribution in [0.4, 0.5) is 0 Å². The number of carbonyl (C=O) groups is 1. The minimum absolute atomic E-state index is 0. The Kier molecular flexibility index (Phi) is 11.2. The Hall–Kier alpha value is -1.51. The number of carbonyl (C=O) groups excluding carboxylic acids is 1. The Morgan fingerprint density at radius 2 is 1.96 bits per heavy atom. The van der Waals surface area contributed by atoms with Crippen LogP contribution >= 0.6 is 24.0 Å². The van der Waals surface area contributed by atoms with Crippen LogP contribution in [0.25, 0.3) is 0 Å². The molecule has 0 aliphatic heterocycles. The molecule has 0 spiro atoms. The van der Waals surface area contributed by atoms with Gasteiger partial charge in [-0.25, -0.2) is 0 Å². The number of rotatable bonds is 10. The maximum absolute atomic E-state index is 11.7. The Labute approximate surface area is 180 Å². The zero-order valence-corrected chi connectivity index (χ0v) is 19.0. The molecule has 0 radical (unpaired) electrons. The average Bonchev–Trinajstić information content (AvgIpc) is 3.43. The van der Waals surface area contributed by atoms with E-state index in [-0.39, 0.29) is 29.9 Å². The first-order valence-corrected chi connectivity index (χ1v) is 9.63. The van der Waals surface area contributed by atoms with Crippen LogP contribution in [0.5, 0.6) is 5.75 Å². The molecular formula is C20H33IN4O2. The van der Waals surface area contributed by atoms with Gasteiger partial charge in [0.15, 0.2) is 5.96 Å². The molecule has 27 heavy (non-hydrogen) atoms. The second kappa shape index (κ2) is 12.8. The SMILES string of the molecule is CCNC(=NCCCC(=O)NC1CC1)N(C)Cc1ccc(OCC)cc1.I. The fraction of sp³-hybridized carbons (Fsp3) is 0.600. The number of hydrogen-bond acceptors (Lipinski definition) is 3. The van der Waals surface area contributed by atoms with E-state index in [2.05, 4.69) is 39.6 Å². The van der Waals surface area contributed by atoms with Crippen molar-refractivity contribution in [3.8, 4) is 5.75 Å². The van der Waals surface area contributed by atoms with E-state index >= 15 is 0 Å². The van der Waals surface area contributed by atoms with Crippen LogP contribution in [0, 0.1) is 0 Å². The summed E-state index contributed by atoms with van der Waals surface area (Å²) in [4.78, 5) is 18.5. The summed E-state index contributed by atoms with van der Waals surface area (Å²) in [5.74, 6) is 1.91. The normalized spacial score (nSPS) is 13.5. The van der Waals surface area contributed by atoms with Gasteiger partial charge in [-0.15, -0.1) is 24.0 Å². The van der Waals surface area contributed by atoms with Crippen molar-refractivity contribution < 1.29 is 9.53 Å². The van der Waals surface area contributed by atoms with Crippen molar-refractivity contribution in [1.29, 1.82) is 0 Å². The van der Waals surface area contributed by atoms with Crippen molar-refractivity contribution in [1.82, 2.24) is 15.5 Å². The lowest BCUT2D eigenvalue weighted by Gasteiger charge is -2.22. The number of guanidine groups is 1. The average molecular weight is 488 g/mol. The molecule has 6 nitrogen and oxygen atoms in total. The molecule has 1 aromatic rings. The summed E-state index contributed by atoms with van der Waals surface area (Å²) in [5.41, 5.74) is 1.20. The molecule has 0 saturated heterocycles. The lowest BCUT2D eigenvalue weighted by molar-refractivity contribution is -0.121. The molecule has 0 aromatic heterocycles. The first kappa shape index (κ1) is 23.5. The Morgan fingerprint density at radius 3 is 2.56 bits per heavy atom. The van der Waals surface area contributed by atoms with Gasteiger partial charge in [0.2, 0.25) is 5.91 Å².